The fraction of sp³-hybridized carbons (Fsp3) is 1.00. The molecule has 132 valence electrons. The van der Waals surface area contributed by atoms with Gasteiger partial charge in [-0.1, -0.05) is 0 Å². The first-order valence-electron chi connectivity index (χ1n) is 10.4. The van der Waals surface area contributed by atoms with Crippen LogP contribution in [0.3, 0.4) is 0 Å². The molecule has 0 aromatic carbocycles. The average Bonchev–Trinajstić information content (AvgIpc) is 2.55. The molecule has 22 heavy (non-hydrogen) atoms. The average molecular weight is 417 g/mol. The van der Waals surface area contributed by atoms with Crippen molar-refractivity contribution in [2.24, 2.45) is 0 Å². The van der Waals surface area contributed by atoms with Gasteiger partial charge in [-0.05, 0) is 0 Å². The van der Waals surface area contributed by atoms with Crippen LogP contribution < -0.4 is 0 Å². The van der Waals surface area contributed by atoms with E-state index in [4.69, 9.17) is 3.07 Å². The van der Waals surface area contributed by atoms with Crippen molar-refractivity contribution in [3.8, 4) is 0 Å². The van der Waals surface area contributed by atoms with Gasteiger partial charge in [0.25, 0.3) is 0 Å². The summed E-state index contributed by atoms with van der Waals surface area (Å²) in [5.41, 5.74) is 0.307. The Kier molecular flexibility index (Phi) is 10.7. The monoisotopic (exact) mass is 418 g/mol. The van der Waals surface area contributed by atoms with Crippen LogP contribution in [0.4, 0.5) is 0 Å². The van der Waals surface area contributed by atoms with E-state index in [1.54, 1.807) is 0 Å². The Morgan fingerprint density at radius 3 is 1.73 bits per heavy atom. The molecular formula is C20H42OSn. The Morgan fingerprint density at radius 2 is 1.27 bits per heavy atom. The zero-order chi connectivity index (χ0) is 16.3. The molecule has 0 aromatic rings. The fourth-order valence-electron chi connectivity index (χ4n) is 4.24. The Morgan fingerprint density at radius 1 is 0.773 bits per heavy atom. The molecule has 0 saturated carbocycles. The Labute approximate surface area is 145 Å². The second-order valence-corrected chi connectivity index (χ2v) is 19.4. The van der Waals surface area contributed by atoms with Gasteiger partial charge in [-0.25, -0.2) is 0 Å². The Hall–Kier alpha value is 0.759. The van der Waals surface area contributed by atoms with Gasteiger partial charge in [0, 0.05) is 0 Å². The van der Waals surface area contributed by atoms with Gasteiger partial charge in [0.05, 0.1) is 0 Å². The van der Waals surface area contributed by atoms with Gasteiger partial charge in [0.15, 0.2) is 0 Å². The van der Waals surface area contributed by atoms with Crippen molar-refractivity contribution in [3.63, 3.8) is 0 Å². The van der Waals surface area contributed by atoms with Crippen molar-refractivity contribution < 1.29 is 3.07 Å². The van der Waals surface area contributed by atoms with Crippen molar-refractivity contribution in [1.29, 1.82) is 0 Å². The normalized spacial score (nSPS) is 20.2. The van der Waals surface area contributed by atoms with Crippen LogP contribution in [-0.4, -0.2) is 24.4 Å². The van der Waals surface area contributed by atoms with E-state index in [9.17, 15) is 0 Å². The summed E-state index contributed by atoms with van der Waals surface area (Å²) in [5.74, 6) is 0. The molecular weight excluding hydrogens is 375 g/mol. The summed E-state index contributed by atoms with van der Waals surface area (Å²) in [6.07, 6.45) is 16.5. The van der Waals surface area contributed by atoms with Crippen molar-refractivity contribution in [3.05, 3.63) is 0 Å². The van der Waals surface area contributed by atoms with E-state index in [-0.39, 0.29) is 0 Å². The molecule has 0 radical (unpaired) electrons. The molecule has 0 aromatic heterocycles. The number of unbranched alkanes of at least 4 members (excludes halogenated alkanes) is 4. The van der Waals surface area contributed by atoms with Crippen LogP contribution in [0, 0.1) is 0 Å². The summed E-state index contributed by atoms with van der Waals surface area (Å²) < 4.78 is 11.8. The third-order valence-electron chi connectivity index (χ3n) is 5.64. The van der Waals surface area contributed by atoms with Crippen LogP contribution in [0.2, 0.25) is 13.3 Å². The predicted molar refractivity (Wildman–Crippen MR) is 102 cm³/mol. The minimum atomic E-state index is -2.32. The Balaban J connectivity index is 2.82. The summed E-state index contributed by atoms with van der Waals surface area (Å²) in [4.78, 5) is 0. The molecule has 1 nitrogen and oxygen atoms in total. The van der Waals surface area contributed by atoms with Gasteiger partial charge in [-0.15, -0.1) is 0 Å². The van der Waals surface area contributed by atoms with Crippen LogP contribution in [0.1, 0.15) is 105 Å². The summed E-state index contributed by atoms with van der Waals surface area (Å²) in [5, 5.41) is 0. The van der Waals surface area contributed by atoms with Crippen molar-refractivity contribution in [2.75, 3.05) is 0 Å². The number of rotatable bonds is 12. The molecule has 1 rings (SSSR count). The van der Waals surface area contributed by atoms with E-state index in [1.807, 2.05) is 0 Å². The van der Waals surface area contributed by atoms with E-state index in [1.165, 1.54) is 90.4 Å². The maximum absolute atomic E-state index is 7.28. The molecule has 0 N–H and O–H groups in total. The molecule has 1 aliphatic rings. The first-order chi connectivity index (χ1) is 10.7. The second-order valence-electron chi connectivity index (χ2n) is 7.74. The SMILES string of the molecule is CCCCC1(CCCC)CC[CH2][Sn]([CH2]CCC)([CH2]CCC)[O]1. The molecule has 2 heteroatoms. The van der Waals surface area contributed by atoms with Crippen LogP contribution in [0.25, 0.3) is 0 Å². The Bertz CT molecular complexity index is 235. The van der Waals surface area contributed by atoms with Crippen LogP contribution in [0.5, 0.6) is 0 Å². The van der Waals surface area contributed by atoms with Gasteiger partial charge in [0.2, 0.25) is 0 Å². The van der Waals surface area contributed by atoms with Gasteiger partial charge >= 0.3 is 146 Å². The van der Waals surface area contributed by atoms with Crippen molar-refractivity contribution in [2.45, 2.75) is 124 Å². The van der Waals surface area contributed by atoms with E-state index < -0.39 is 18.8 Å². The molecule has 0 atom stereocenters. The summed E-state index contributed by atoms with van der Waals surface area (Å²) in [7, 11) is 0. The second kappa shape index (κ2) is 11.3. The standard InChI is InChI=1S/C12H24O.2C4H9.Sn/c1-4-7-10-12(13,9-6-3)11-8-5-2;2*1-3-4-2;/h3-11H2,1-2H3;2*1,3-4H2,2H3;/q-1;;;+1. The third-order valence-corrected chi connectivity index (χ3v) is 18.9. The van der Waals surface area contributed by atoms with Crippen LogP contribution in [-0.2, 0) is 3.07 Å². The minimum absolute atomic E-state index is 0.307. The summed E-state index contributed by atoms with van der Waals surface area (Å²) >= 11 is -2.32. The molecule has 1 aliphatic heterocycles. The van der Waals surface area contributed by atoms with E-state index in [0.29, 0.717) is 5.60 Å². The van der Waals surface area contributed by atoms with Gasteiger partial charge in [-0.2, -0.15) is 0 Å². The van der Waals surface area contributed by atoms with Gasteiger partial charge < -0.3 is 0 Å². The molecule has 1 fully saturated rings. The first-order valence-corrected chi connectivity index (χ1v) is 17.6. The van der Waals surface area contributed by atoms with Gasteiger partial charge in [-0.3, -0.25) is 0 Å². The van der Waals surface area contributed by atoms with E-state index in [0.717, 1.165) is 0 Å². The first kappa shape index (κ1) is 20.8. The molecule has 0 spiro atoms. The summed E-state index contributed by atoms with van der Waals surface area (Å²) in [6.45, 7) is 9.37. The summed E-state index contributed by atoms with van der Waals surface area (Å²) in [6, 6.07) is 0. The number of hydrogen-bond acceptors (Lipinski definition) is 1. The predicted octanol–water partition coefficient (Wildman–Crippen LogP) is 7.46. The molecule has 1 saturated heterocycles. The molecule has 1 heterocycles. The number of hydrogen-bond donors (Lipinski definition) is 0. The topological polar surface area (TPSA) is 9.23 Å². The third kappa shape index (κ3) is 6.71. The molecule has 0 bridgehead atoms. The van der Waals surface area contributed by atoms with Crippen molar-refractivity contribution in [1.82, 2.24) is 0 Å². The zero-order valence-corrected chi connectivity index (χ0v) is 18.9. The van der Waals surface area contributed by atoms with Crippen LogP contribution >= 0.6 is 0 Å². The maximum atomic E-state index is 7.28. The molecule has 0 amide bonds. The fourth-order valence-corrected chi connectivity index (χ4v) is 18.8. The quantitative estimate of drug-likeness (QED) is 0.300. The molecule has 0 unspecified atom stereocenters. The van der Waals surface area contributed by atoms with Crippen LogP contribution in [0.15, 0.2) is 0 Å². The van der Waals surface area contributed by atoms with Gasteiger partial charge in [0.1, 0.15) is 0 Å². The van der Waals surface area contributed by atoms with E-state index in [2.05, 4.69) is 27.7 Å². The van der Waals surface area contributed by atoms with E-state index >= 15 is 0 Å². The zero-order valence-electron chi connectivity index (χ0n) is 16.0. The molecule has 0 aliphatic carbocycles. The van der Waals surface area contributed by atoms with Crippen molar-refractivity contribution >= 4 is 18.8 Å².